The SMILES string of the molecule is COC(CN(Cc1cccnc1)C(=O)N(C)S)OC. The van der Waals surface area contributed by atoms with Gasteiger partial charge >= 0.3 is 6.03 Å². The van der Waals surface area contributed by atoms with Gasteiger partial charge in [0.1, 0.15) is 0 Å². The van der Waals surface area contributed by atoms with Crippen molar-refractivity contribution in [3.05, 3.63) is 30.1 Å². The summed E-state index contributed by atoms with van der Waals surface area (Å²) in [6.45, 7) is 0.729. The summed E-state index contributed by atoms with van der Waals surface area (Å²) in [5, 5.41) is 0. The molecular formula is C12H19N3O3S. The first-order chi connectivity index (χ1) is 9.08. The molecule has 1 aromatic rings. The zero-order chi connectivity index (χ0) is 14.3. The van der Waals surface area contributed by atoms with Crippen LogP contribution in [0.1, 0.15) is 5.56 Å². The third kappa shape index (κ3) is 5.06. The van der Waals surface area contributed by atoms with Crippen molar-refractivity contribution in [3.63, 3.8) is 0 Å². The Morgan fingerprint density at radius 3 is 2.63 bits per heavy atom. The molecule has 6 nitrogen and oxygen atoms in total. The van der Waals surface area contributed by atoms with Crippen molar-refractivity contribution in [2.75, 3.05) is 27.8 Å². The van der Waals surface area contributed by atoms with Crippen LogP contribution < -0.4 is 0 Å². The van der Waals surface area contributed by atoms with Crippen molar-refractivity contribution < 1.29 is 14.3 Å². The fourth-order valence-electron chi connectivity index (χ4n) is 1.55. The monoisotopic (exact) mass is 285 g/mol. The molecule has 0 atom stereocenters. The molecule has 0 spiro atoms. The molecular weight excluding hydrogens is 266 g/mol. The number of pyridine rings is 1. The predicted octanol–water partition coefficient (Wildman–Crippen LogP) is 1.40. The molecule has 0 saturated carbocycles. The van der Waals surface area contributed by atoms with E-state index in [1.54, 1.807) is 24.3 Å². The molecule has 0 aromatic carbocycles. The standard InChI is InChI=1S/C12H19N3O3S/c1-14(19)12(16)15(9-11(17-2)18-3)8-10-5-4-6-13-7-10/h4-7,11,19H,8-9H2,1-3H3. The maximum Gasteiger partial charge on any atom is 0.330 e. The van der Waals surface area contributed by atoms with E-state index < -0.39 is 6.29 Å². The van der Waals surface area contributed by atoms with Gasteiger partial charge in [0.05, 0.1) is 6.54 Å². The Morgan fingerprint density at radius 2 is 2.16 bits per heavy atom. The van der Waals surface area contributed by atoms with Gasteiger partial charge in [-0.1, -0.05) is 18.9 Å². The Kier molecular flexibility index (Phi) is 6.61. The minimum Gasteiger partial charge on any atom is -0.354 e. The number of hydrogen-bond donors (Lipinski definition) is 1. The van der Waals surface area contributed by atoms with Gasteiger partial charge in [-0.05, 0) is 11.6 Å². The van der Waals surface area contributed by atoms with Crippen LogP contribution in [-0.2, 0) is 16.0 Å². The second kappa shape index (κ2) is 7.98. The van der Waals surface area contributed by atoms with Crippen molar-refractivity contribution in [3.8, 4) is 0 Å². The number of methoxy groups -OCH3 is 2. The molecule has 1 rings (SSSR count). The highest BCUT2D eigenvalue weighted by molar-refractivity contribution is 7.78. The number of urea groups is 1. The van der Waals surface area contributed by atoms with E-state index in [-0.39, 0.29) is 6.03 Å². The molecule has 0 saturated heterocycles. The molecule has 0 N–H and O–H groups in total. The number of nitrogens with zero attached hydrogens (tertiary/aromatic N) is 3. The molecule has 19 heavy (non-hydrogen) atoms. The molecule has 0 aliphatic rings. The van der Waals surface area contributed by atoms with E-state index in [1.807, 2.05) is 12.1 Å². The van der Waals surface area contributed by atoms with E-state index in [2.05, 4.69) is 17.8 Å². The zero-order valence-electron chi connectivity index (χ0n) is 11.3. The van der Waals surface area contributed by atoms with Gasteiger partial charge in [-0.3, -0.25) is 9.29 Å². The molecule has 106 valence electrons. The van der Waals surface area contributed by atoms with Crippen molar-refractivity contribution in [1.82, 2.24) is 14.2 Å². The first-order valence-corrected chi connectivity index (χ1v) is 6.14. The number of carbonyl (C=O) groups excluding carboxylic acids is 1. The van der Waals surface area contributed by atoms with E-state index >= 15 is 0 Å². The Bertz CT molecular complexity index is 385. The minimum atomic E-state index is -0.478. The Labute approximate surface area is 118 Å². The highest BCUT2D eigenvalue weighted by Crippen LogP contribution is 2.09. The summed E-state index contributed by atoms with van der Waals surface area (Å²) in [5.41, 5.74) is 0.928. The van der Waals surface area contributed by atoms with E-state index in [0.29, 0.717) is 13.1 Å². The Hall–Kier alpha value is -1.31. The summed E-state index contributed by atoms with van der Waals surface area (Å²) in [4.78, 5) is 17.7. The fourth-order valence-corrected chi connectivity index (χ4v) is 1.68. The average molecular weight is 285 g/mol. The second-order valence-electron chi connectivity index (χ2n) is 3.95. The number of aromatic nitrogens is 1. The smallest absolute Gasteiger partial charge is 0.330 e. The molecule has 1 aromatic heterocycles. The van der Waals surface area contributed by atoms with Gasteiger partial charge in [0.15, 0.2) is 6.29 Å². The third-order valence-corrected chi connectivity index (χ3v) is 2.71. The molecule has 0 aliphatic heterocycles. The Morgan fingerprint density at radius 1 is 1.47 bits per heavy atom. The third-order valence-electron chi connectivity index (χ3n) is 2.54. The number of carbonyl (C=O) groups is 1. The predicted molar refractivity (Wildman–Crippen MR) is 74.6 cm³/mol. The van der Waals surface area contributed by atoms with Crippen LogP contribution in [0, 0.1) is 0 Å². The Balaban J connectivity index is 2.77. The summed E-state index contributed by atoms with van der Waals surface area (Å²) in [5.74, 6) is 0. The van der Waals surface area contributed by atoms with E-state index in [0.717, 1.165) is 5.56 Å². The molecule has 2 amide bonds. The normalized spacial score (nSPS) is 10.6. The molecule has 0 bridgehead atoms. The van der Waals surface area contributed by atoms with Crippen LogP contribution in [0.4, 0.5) is 4.79 Å². The zero-order valence-corrected chi connectivity index (χ0v) is 12.2. The van der Waals surface area contributed by atoms with Crippen LogP contribution in [0.3, 0.4) is 0 Å². The van der Waals surface area contributed by atoms with Gasteiger partial charge < -0.3 is 14.4 Å². The summed E-state index contributed by atoms with van der Waals surface area (Å²) < 4.78 is 11.5. The topological polar surface area (TPSA) is 54.9 Å². The van der Waals surface area contributed by atoms with Gasteiger partial charge in [0.2, 0.25) is 0 Å². The van der Waals surface area contributed by atoms with Crippen molar-refractivity contribution >= 4 is 18.8 Å². The summed E-state index contributed by atoms with van der Waals surface area (Å²) >= 11 is 4.02. The molecule has 1 heterocycles. The van der Waals surface area contributed by atoms with Gasteiger partial charge in [0, 0.05) is 40.2 Å². The lowest BCUT2D eigenvalue weighted by Crippen LogP contribution is -2.42. The number of amides is 2. The van der Waals surface area contributed by atoms with Crippen LogP contribution in [0.25, 0.3) is 0 Å². The fraction of sp³-hybridized carbons (Fsp3) is 0.500. The van der Waals surface area contributed by atoms with Gasteiger partial charge in [0.25, 0.3) is 0 Å². The first-order valence-electron chi connectivity index (χ1n) is 5.74. The van der Waals surface area contributed by atoms with E-state index in [1.165, 1.54) is 18.5 Å². The molecule has 7 heteroatoms. The second-order valence-corrected chi connectivity index (χ2v) is 4.55. The molecule has 0 aliphatic carbocycles. The van der Waals surface area contributed by atoms with E-state index in [9.17, 15) is 4.79 Å². The minimum absolute atomic E-state index is 0.230. The number of ether oxygens (including phenoxy) is 2. The maximum atomic E-state index is 12.1. The van der Waals surface area contributed by atoms with Crippen molar-refractivity contribution in [1.29, 1.82) is 0 Å². The van der Waals surface area contributed by atoms with Crippen LogP contribution in [0.2, 0.25) is 0 Å². The largest absolute Gasteiger partial charge is 0.354 e. The van der Waals surface area contributed by atoms with E-state index in [4.69, 9.17) is 9.47 Å². The van der Waals surface area contributed by atoms with Crippen LogP contribution in [0.5, 0.6) is 0 Å². The van der Waals surface area contributed by atoms with Crippen LogP contribution >= 0.6 is 12.8 Å². The number of thiol groups is 1. The lowest BCUT2D eigenvalue weighted by atomic mass is 10.2. The average Bonchev–Trinajstić information content (AvgIpc) is 2.43. The molecule has 0 unspecified atom stereocenters. The van der Waals surface area contributed by atoms with Crippen LogP contribution in [-0.4, -0.2) is 54.3 Å². The maximum absolute atomic E-state index is 12.1. The number of hydrogen-bond acceptors (Lipinski definition) is 5. The van der Waals surface area contributed by atoms with Crippen LogP contribution in [0.15, 0.2) is 24.5 Å². The molecule has 0 fully saturated rings. The lowest BCUT2D eigenvalue weighted by Gasteiger charge is -2.28. The highest BCUT2D eigenvalue weighted by Gasteiger charge is 2.20. The summed E-state index contributed by atoms with van der Waals surface area (Å²) in [6.07, 6.45) is 2.93. The van der Waals surface area contributed by atoms with Crippen molar-refractivity contribution in [2.45, 2.75) is 12.8 Å². The van der Waals surface area contributed by atoms with Crippen molar-refractivity contribution in [2.24, 2.45) is 0 Å². The highest BCUT2D eigenvalue weighted by atomic mass is 32.1. The first kappa shape index (κ1) is 15.7. The van der Waals surface area contributed by atoms with Gasteiger partial charge in [-0.15, -0.1) is 0 Å². The summed E-state index contributed by atoms with van der Waals surface area (Å²) in [6, 6.07) is 3.50. The number of rotatable bonds is 6. The van der Waals surface area contributed by atoms with Gasteiger partial charge in [-0.25, -0.2) is 4.79 Å². The molecule has 0 radical (unpaired) electrons. The lowest BCUT2D eigenvalue weighted by molar-refractivity contribution is -0.112. The summed E-state index contributed by atoms with van der Waals surface area (Å²) in [7, 11) is 4.65. The van der Waals surface area contributed by atoms with Gasteiger partial charge in [-0.2, -0.15) is 0 Å². The quantitative estimate of drug-likeness (QED) is 0.634.